The lowest BCUT2D eigenvalue weighted by Crippen LogP contribution is -2.59. The number of nitrogens with zero attached hydrogens (tertiary/aromatic N) is 1. The van der Waals surface area contributed by atoms with E-state index < -0.39 is 18.6 Å². The molecule has 0 bridgehead atoms. The molecule has 1 aliphatic carbocycles. The predicted molar refractivity (Wildman–Crippen MR) is 95.6 cm³/mol. The van der Waals surface area contributed by atoms with E-state index in [4.69, 9.17) is 15.8 Å². The maximum Gasteiger partial charge on any atom is 0.451 e. The lowest BCUT2D eigenvalue weighted by Gasteiger charge is -2.43. The number of rotatable bonds is 6. The summed E-state index contributed by atoms with van der Waals surface area (Å²) in [4.78, 5) is 14.2. The number of carboxylic acids is 1. The van der Waals surface area contributed by atoms with Crippen molar-refractivity contribution < 1.29 is 19.9 Å². The number of carboxylic acid groups (broad SMARTS) is 1. The third kappa shape index (κ3) is 4.06. The number of nitrogens with two attached hydrogens (primary N) is 1. The van der Waals surface area contributed by atoms with Gasteiger partial charge in [0.25, 0.3) is 0 Å². The third-order valence-electron chi connectivity index (χ3n) is 5.89. The second-order valence-corrected chi connectivity index (χ2v) is 7.69. The molecule has 2 aliphatic rings. The van der Waals surface area contributed by atoms with Crippen LogP contribution in [0.25, 0.3) is 0 Å². The summed E-state index contributed by atoms with van der Waals surface area (Å²) in [7, 11) is -1.34. The second-order valence-electron chi connectivity index (χ2n) is 7.69. The molecule has 1 fully saturated rings. The van der Waals surface area contributed by atoms with Crippen molar-refractivity contribution in [1.29, 1.82) is 0 Å². The molecule has 3 rings (SSSR count). The van der Waals surface area contributed by atoms with Crippen LogP contribution in [0, 0.1) is 11.8 Å². The number of hydrogen-bond donors (Lipinski definition) is 4. The molecule has 0 aromatic heterocycles. The topological polar surface area (TPSA) is 107 Å². The van der Waals surface area contributed by atoms with E-state index in [-0.39, 0.29) is 18.2 Å². The van der Waals surface area contributed by atoms with Gasteiger partial charge in [0.05, 0.1) is 0 Å². The fraction of sp³-hybridized carbons (Fsp3) is 0.611. The van der Waals surface area contributed by atoms with Gasteiger partial charge in [-0.2, -0.15) is 0 Å². The first-order valence-electron chi connectivity index (χ1n) is 9.06. The molecule has 5 N–H and O–H groups in total. The Balaban J connectivity index is 1.64. The minimum Gasteiger partial charge on any atom is -0.480 e. The zero-order chi connectivity index (χ0) is 18.0. The van der Waals surface area contributed by atoms with E-state index in [2.05, 4.69) is 17.0 Å². The van der Waals surface area contributed by atoms with E-state index in [0.717, 1.165) is 25.9 Å². The van der Waals surface area contributed by atoms with Crippen molar-refractivity contribution >= 4 is 13.1 Å². The van der Waals surface area contributed by atoms with Crippen LogP contribution in [-0.2, 0) is 17.9 Å². The number of benzene rings is 1. The first-order valence-corrected chi connectivity index (χ1v) is 9.06. The molecule has 1 aromatic rings. The maximum absolute atomic E-state index is 11.9. The van der Waals surface area contributed by atoms with Gasteiger partial charge in [0.15, 0.2) is 0 Å². The smallest absolute Gasteiger partial charge is 0.451 e. The van der Waals surface area contributed by atoms with Crippen LogP contribution >= 0.6 is 0 Å². The Kier molecular flexibility index (Phi) is 5.48. The molecule has 0 amide bonds. The first-order chi connectivity index (χ1) is 11.9. The summed E-state index contributed by atoms with van der Waals surface area (Å²) < 4.78 is 0. The van der Waals surface area contributed by atoms with Crippen LogP contribution in [0.15, 0.2) is 24.3 Å². The molecule has 25 heavy (non-hydrogen) atoms. The quantitative estimate of drug-likeness (QED) is 0.574. The number of hydrogen-bond acceptors (Lipinski definition) is 5. The molecule has 0 radical (unpaired) electrons. The highest BCUT2D eigenvalue weighted by Crippen LogP contribution is 2.39. The minimum absolute atomic E-state index is 0.0883. The Morgan fingerprint density at radius 1 is 1.24 bits per heavy atom. The number of fused-ring (bicyclic) bond motifs is 1. The Bertz CT molecular complexity index is 602. The molecular formula is C18H27BN2O4. The normalized spacial score (nSPS) is 29.4. The third-order valence-corrected chi connectivity index (χ3v) is 5.89. The van der Waals surface area contributed by atoms with Gasteiger partial charge in [-0.3, -0.25) is 9.69 Å². The van der Waals surface area contributed by atoms with Crippen molar-refractivity contribution in [3.63, 3.8) is 0 Å². The summed E-state index contributed by atoms with van der Waals surface area (Å²) >= 11 is 0. The number of carbonyl (C=O) groups is 1. The summed E-state index contributed by atoms with van der Waals surface area (Å²) in [6.07, 6.45) is 2.94. The molecule has 3 atom stereocenters. The van der Waals surface area contributed by atoms with E-state index >= 15 is 0 Å². The average molecular weight is 346 g/mol. The molecule has 0 spiro atoms. The minimum atomic E-state index is -1.34. The maximum atomic E-state index is 11.9. The van der Waals surface area contributed by atoms with E-state index in [9.17, 15) is 9.90 Å². The van der Waals surface area contributed by atoms with Crippen molar-refractivity contribution in [2.45, 2.75) is 50.6 Å². The van der Waals surface area contributed by atoms with Crippen molar-refractivity contribution in [2.75, 3.05) is 6.54 Å². The lowest BCUT2D eigenvalue weighted by atomic mass is 9.66. The van der Waals surface area contributed by atoms with E-state index in [1.54, 1.807) is 0 Å². The Labute approximate surface area is 148 Å². The average Bonchev–Trinajstić information content (AvgIpc) is 2.97. The van der Waals surface area contributed by atoms with Crippen LogP contribution < -0.4 is 5.73 Å². The molecule has 0 saturated heterocycles. The Morgan fingerprint density at radius 2 is 1.88 bits per heavy atom. The van der Waals surface area contributed by atoms with Crippen LogP contribution in [-0.4, -0.2) is 45.2 Å². The van der Waals surface area contributed by atoms with Gasteiger partial charge in [0, 0.05) is 25.6 Å². The van der Waals surface area contributed by atoms with E-state index in [0.29, 0.717) is 19.4 Å². The van der Waals surface area contributed by atoms with E-state index in [1.807, 2.05) is 12.1 Å². The van der Waals surface area contributed by atoms with Crippen molar-refractivity contribution in [3.05, 3.63) is 35.4 Å². The van der Waals surface area contributed by atoms with Crippen molar-refractivity contribution in [1.82, 2.24) is 4.90 Å². The highest BCUT2D eigenvalue weighted by atomic mass is 16.4. The molecule has 1 aromatic carbocycles. The predicted octanol–water partition coefficient (Wildman–Crippen LogP) is 1.06. The first kappa shape index (κ1) is 18.4. The fourth-order valence-corrected chi connectivity index (χ4v) is 4.43. The summed E-state index contributed by atoms with van der Waals surface area (Å²) in [6, 6.07) is 8.32. The van der Waals surface area contributed by atoms with Gasteiger partial charge in [-0.25, -0.2) is 0 Å². The Hall–Kier alpha value is -1.41. The number of aliphatic carboxylic acids is 1. The SMILES string of the molecule is N[C@]1(C(=O)O)CC(CCB(O)O)CC[C@H]1CN1Cc2ccccc2C1. The molecule has 7 heteroatoms. The molecule has 1 saturated carbocycles. The molecule has 1 unspecified atom stereocenters. The zero-order valence-electron chi connectivity index (χ0n) is 14.5. The monoisotopic (exact) mass is 346 g/mol. The molecule has 1 aliphatic heterocycles. The van der Waals surface area contributed by atoms with E-state index in [1.165, 1.54) is 11.1 Å². The summed E-state index contributed by atoms with van der Waals surface area (Å²) in [5.74, 6) is -0.895. The van der Waals surface area contributed by atoms with Crippen LogP contribution in [0.2, 0.25) is 6.32 Å². The molecule has 6 nitrogen and oxygen atoms in total. The van der Waals surface area contributed by atoms with Gasteiger partial charge in [-0.05, 0) is 42.6 Å². The highest BCUT2D eigenvalue weighted by molar-refractivity contribution is 6.40. The molecular weight excluding hydrogens is 319 g/mol. The Morgan fingerprint density at radius 3 is 2.44 bits per heavy atom. The second kappa shape index (κ2) is 7.46. The van der Waals surface area contributed by atoms with Gasteiger partial charge >= 0.3 is 13.1 Å². The summed E-state index contributed by atoms with van der Waals surface area (Å²) in [5.41, 5.74) is 7.76. The summed E-state index contributed by atoms with van der Waals surface area (Å²) in [6.45, 7) is 2.39. The van der Waals surface area contributed by atoms with Gasteiger partial charge in [-0.15, -0.1) is 0 Å². The largest absolute Gasteiger partial charge is 0.480 e. The lowest BCUT2D eigenvalue weighted by molar-refractivity contribution is -0.148. The zero-order valence-corrected chi connectivity index (χ0v) is 14.5. The van der Waals surface area contributed by atoms with Crippen LogP contribution in [0.5, 0.6) is 0 Å². The van der Waals surface area contributed by atoms with Crippen LogP contribution in [0.1, 0.15) is 36.8 Å². The molecule has 136 valence electrons. The van der Waals surface area contributed by atoms with Crippen molar-refractivity contribution in [3.8, 4) is 0 Å². The fourth-order valence-electron chi connectivity index (χ4n) is 4.43. The van der Waals surface area contributed by atoms with Crippen LogP contribution in [0.4, 0.5) is 0 Å². The highest BCUT2D eigenvalue weighted by Gasteiger charge is 2.47. The molecule has 1 heterocycles. The van der Waals surface area contributed by atoms with Gasteiger partial charge < -0.3 is 20.9 Å². The van der Waals surface area contributed by atoms with Gasteiger partial charge in [0.1, 0.15) is 5.54 Å². The standard InChI is InChI=1S/C18H27BN2O4/c20-18(17(22)23)9-13(7-8-19(24)25)5-6-16(18)12-21-10-14-3-1-2-4-15(14)11-21/h1-4,13,16,24-25H,5-12,20H2,(H,22,23)/t13?,16-,18+/m0/s1. The van der Waals surface area contributed by atoms with Gasteiger partial charge in [0.2, 0.25) is 0 Å². The van der Waals surface area contributed by atoms with Crippen molar-refractivity contribution in [2.24, 2.45) is 17.6 Å². The summed E-state index contributed by atoms with van der Waals surface area (Å²) in [5, 5.41) is 27.9. The van der Waals surface area contributed by atoms with Gasteiger partial charge in [-0.1, -0.05) is 30.7 Å². The van der Waals surface area contributed by atoms with Crippen LogP contribution in [0.3, 0.4) is 0 Å².